The third-order valence-corrected chi connectivity index (χ3v) is 3.19. The smallest absolute Gasteiger partial charge is 0.332 e. The summed E-state index contributed by atoms with van der Waals surface area (Å²) in [6.45, 7) is 3.92. The molecule has 0 spiro atoms. The van der Waals surface area contributed by atoms with Crippen LogP contribution in [0.15, 0.2) is 9.59 Å². The van der Waals surface area contributed by atoms with Gasteiger partial charge in [0.2, 0.25) is 5.95 Å². The number of H-pyrrole nitrogens is 1. The molecule has 2 aromatic heterocycles. The zero-order chi connectivity index (χ0) is 13.4. The fourth-order valence-electron chi connectivity index (χ4n) is 1.89. The van der Waals surface area contributed by atoms with Crippen molar-refractivity contribution in [2.45, 2.75) is 26.3 Å². The number of anilines is 1. The van der Waals surface area contributed by atoms with Gasteiger partial charge < -0.3 is 10.3 Å². The Kier molecular flexibility index (Phi) is 2.98. The number of nitrogens with zero attached hydrogens (tertiary/aromatic N) is 3. The van der Waals surface area contributed by atoms with E-state index in [1.807, 2.05) is 13.8 Å². The molecule has 0 saturated heterocycles. The summed E-state index contributed by atoms with van der Waals surface area (Å²) in [6.07, 6.45) is 0.787. The highest BCUT2D eigenvalue weighted by molar-refractivity contribution is 5.72. The van der Waals surface area contributed by atoms with Crippen LogP contribution in [0.3, 0.4) is 0 Å². The first-order valence-corrected chi connectivity index (χ1v) is 5.90. The monoisotopic (exact) mass is 251 g/mol. The zero-order valence-electron chi connectivity index (χ0n) is 10.9. The first-order chi connectivity index (χ1) is 8.51. The van der Waals surface area contributed by atoms with E-state index in [-0.39, 0.29) is 17.3 Å². The maximum absolute atomic E-state index is 12.2. The van der Waals surface area contributed by atoms with Crippen LogP contribution >= 0.6 is 0 Å². The maximum atomic E-state index is 12.2. The Morgan fingerprint density at radius 3 is 2.67 bits per heavy atom. The van der Waals surface area contributed by atoms with E-state index >= 15 is 0 Å². The van der Waals surface area contributed by atoms with Crippen molar-refractivity contribution in [1.82, 2.24) is 19.1 Å². The Hall–Kier alpha value is -2.05. The highest BCUT2D eigenvalue weighted by atomic mass is 16.2. The van der Waals surface area contributed by atoms with Gasteiger partial charge in [0.15, 0.2) is 11.2 Å². The molecular weight excluding hydrogens is 234 g/mol. The molecule has 0 radical (unpaired) electrons. The Morgan fingerprint density at radius 1 is 1.44 bits per heavy atom. The van der Waals surface area contributed by atoms with Crippen molar-refractivity contribution in [3.8, 4) is 0 Å². The van der Waals surface area contributed by atoms with Crippen LogP contribution < -0.4 is 16.6 Å². The van der Waals surface area contributed by atoms with Gasteiger partial charge in [0.05, 0.1) is 0 Å². The molecule has 2 aromatic rings. The minimum absolute atomic E-state index is 0.0141. The number of nitrogens with one attached hydrogen (secondary N) is 2. The van der Waals surface area contributed by atoms with Gasteiger partial charge in [0.1, 0.15) is 0 Å². The Labute approximate surface area is 103 Å². The molecule has 0 bridgehead atoms. The highest BCUT2D eigenvalue weighted by Crippen LogP contribution is 2.14. The first kappa shape index (κ1) is 12.4. The van der Waals surface area contributed by atoms with Crippen molar-refractivity contribution in [2.75, 3.05) is 12.4 Å². The summed E-state index contributed by atoms with van der Waals surface area (Å²) >= 11 is 0. The van der Waals surface area contributed by atoms with Gasteiger partial charge in [0.25, 0.3) is 5.56 Å². The van der Waals surface area contributed by atoms with Gasteiger partial charge in [0, 0.05) is 20.1 Å². The molecule has 0 saturated carbocycles. The maximum Gasteiger partial charge on any atom is 0.332 e. The molecule has 98 valence electrons. The van der Waals surface area contributed by atoms with Crippen LogP contribution in [0.5, 0.6) is 0 Å². The molecule has 2 heterocycles. The SMILES string of the molecule is CCC(C)n1c(=O)n(C)c(=O)c2[nH]c(NC)nc21. The molecule has 0 amide bonds. The Balaban J connectivity index is 2.95. The van der Waals surface area contributed by atoms with E-state index in [9.17, 15) is 9.59 Å². The van der Waals surface area contributed by atoms with E-state index in [0.717, 1.165) is 11.0 Å². The summed E-state index contributed by atoms with van der Waals surface area (Å²) < 4.78 is 2.65. The van der Waals surface area contributed by atoms with Crippen LogP contribution in [0.25, 0.3) is 11.2 Å². The molecule has 7 heteroatoms. The predicted molar refractivity (Wildman–Crippen MR) is 70.1 cm³/mol. The third kappa shape index (κ3) is 1.62. The quantitative estimate of drug-likeness (QED) is 0.828. The summed E-state index contributed by atoms with van der Waals surface area (Å²) in [6, 6.07) is -0.0141. The Morgan fingerprint density at radius 2 is 2.11 bits per heavy atom. The molecule has 18 heavy (non-hydrogen) atoms. The minimum atomic E-state index is -0.358. The van der Waals surface area contributed by atoms with Crippen molar-refractivity contribution in [2.24, 2.45) is 7.05 Å². The van der Waals surface area contributed by atoms with Gasteiger partial charge in [-0.25, -0.2) is 4.79 Å². The molecule has 2 rings (SSSR count). The molecule has 0 aliphatic carbocycles. The number of hydrogen-bond donors (Lipinski definition) is 2. The van der Waals surface area contributed by atoms with E-state index in [1.54, 1.807) is 11.6 Å². The van der Waals surface area contributed by atoms with Crippen molar-refractivity contribution in [1.29, 1.82) is 0 Å². The van der Waals surface area contributed by atoms with Crippen molar-refractivity contribution >= 4 is 17.1 Å². The molecule has 0 fully saturated rings. The van der Waals surface area contributed by atoms with E-state index in [0.29, 0.717) is 17.1 Å². The number of hydrogen-bond acceptors (Lipinski definition) is 4. The van der Waals surface area contributed by atoms with Crippen molar-refractivity contribution in [3.05, 3.63) is 20.8 Å². The predicted octanol–water partition coefficient (Wildman–Crippen LogP) is 0.436. The normalized spacial score (nSPS) is 12.9. The Bertz CT molecular complexity index is 694. The van der Waals surface area contributed by atoms with Gasteiger partial charge in [-0.2, -0.15) is 4.98 Å². The minimum Gasteiger partial charge on any atom is -0.359 e. The van der Waals surface area contributed by atoms with E-state index < -0.39 is 0 Å². The lowest BCUT2D eigenvalue weighted by molar-refractivity contribution is 0.500. The van der Waals surface area contributed by atoms with Crippen LogP contribution in [0, 0.1) is 0 Å². The lowest BCUT2D eigenvalue weighted by Crippen LogP contribution is -2.39. The van der Waals surface area contributed by atoms with Crippen LogP contribution in [0.2, 0.25) is 0 Å². The summed E-state index contributed by atoms with van der Waals surface area (Å²) in [7, 11) is 3.18. The molecule has 1 unspecified atom stereocenters. The fourth-order valence-corrected chi connectivity index (χ4v) is 1.89. The van der Waals surface area contributed by atoms with Gasteiger partial charge in [-0.05, 0) is 13.3 Å². The number of imidazole rings is 1. The second-order valence-corrected chi connectivity index (χ2v) is 4.31. The van der Waals surface area contributed by atoms with Gasteiger partial charge in [-0.3, -0.25) is 13.9 Å². The van der Waals surface area contributed by atoms with Crippen LogP contribution in [0.4, 0.5) is 5.95 Å². The fraction of sp³-hybridized carbons (Fsp3) is 0.545. The zero-order valence-corrected chi connectivity index (χ0v) is 10.9. The summed E-state index contributed by atoms with van der Waals surface area (Å²) in [4.78, 5) is 31.3. The van der Waals surface area contributed by atoms with Crippen molar-refractivity contribution in [3.63, 3.8) is 0 Å². The van der Waals surface area contributed by atoms with Crippen LogP contribution in [-0.4, -0.2) is 26.1 Å². The topological polar surface area (TPSA) is 84.7 Å². The van der Waals surface area contributed by atoms with E-state index in [1.165, 1.54) is 7.05 Å². The standard InChI is InChI=1S/C11H17N5O2/c1-5-6(2)16-8-7(13-10(12-3)14-8)9(17)15(4)11(16)18/h6H,5H2,1-4H3,(H2,12,13,14). The summed E-state index contributed by atoms with van der Waals surface area (Å²) in [5, 5.41) is 2.84. The lowest BCUT2D eigenvalue weighted by atomic mass is 10.2. The average molecular weight is 251 g/mol. The van der Waals surface area contributed by atoms with E-state index in [4.69, 9.17) is 0 Å². The van der Waals surface area contributed by atoms with Crippen LogP contribution in [0.1, 0.15) is 26.3 Å². The number of rotatable bonds is 3. The largest absolute Gasteiger partial charge is 0.359 e. The number of aromatic nitrogens is 4. The molecular formula is C11H17N5O2. The van der Waals surface area contributed by atoms with Crippen molar-refractivity contribution < 1.29 is 0 Å². The van der Waals surface area contributed by atoms with Gasteiger partial charge in [-0.1, -0.05) is 6.92 Å². The molecule has 2 N–H and O–H groups in total. The summed E-state index contributed by atoms with van der Waals surface area (Å²) in [5.41, 5.74) is 0.0584. The number of aromatic amines is 1. The van der Waals surface area contributed by atoms with E-state index in [2.05, 4.69) is 15.3 Å². The van der Waals surface area contributed by atoms with Gasteiger partial charge in [-0.15, -0.1) is 0 Å². The summed E-state index contributed by atoms with van der Waals surface area (Å²) in [5.74, 6) is 0.477. The van der Waals surface area contributed by atoms with Gasteiger partial charge >= 0.3 is 5.69 Å². The first-order valence-electron chi connectivity index (χ1n) is 5.90. The average Bonchev–Trinajstić information content (AvgIpc) is 2.80. The highest BCUT2D eigenvalue weighted by Gasteiger charge is 2.17. The third-order valence-electron chi connectivity index (χ3n) is 3.19. The molecule has 0 aliphatic rings. The van der Waals surface area contributed by atoms with Crippen LogP contribution in [-0.2, 0) is 7.05 Å². The molecule has 1 atom stereocenters. The second kappa shape index (κ2) is 4.32. The lowest BCUT2D eigenvalue weighted by Gasteiger charge is -2.14. The second-order valence-electron chi connectivity index (χ2n) is 4.31. The molecule has 0 aromatic carbocycles. The number of fused-ring (bicyclic) bond motifs is 1. The molecule has 7 nitrogen and oxygen atoms in total. The molecule has 0 aliphatic heterocycles.